The molecule has 1 rings (SSSR count). The van der Waals surface area contributed by atoms with E-state index in [2.05, 4.69) is 0 Å². The van der Waals surface area contributed by atoms with E-state index in [1.165, 1.54) is 20.3 Å². The highest BCUT2D eigenvalue weighted by molar-refractivity contribution is 5.79. The lowest BCUT2D eigenvalue weighted by Crippen LogP contribution is -2.23. The van der Waals surface area contributed by atoms with Gasteiger partial charge in [-0.2, -0.15) is 0 Å². The van der Waals surface area contributed by atoms with Crippen molar-refractivity contribution in [3.05, 3.63) is 23.0 Å². The first-order valence-corrected chi connectivity index (χ1v) is 5.31. The molecule has 100 valence electrons. The van der Waals surface area contributed by atoms with Crippen LogP contribution in [-0.4, -0.2) is 31.8 Å². The van der Waals surface area contributed by atoms with Gasteiger partial charge in [0.25, 0.3) is 0 Å². The van der Waals surface area contributed by atoms with Crippen molar-refractivity contribution in [2.75, 3.05) is 20.8 Å². The Labute approximate surface area is 104 Å². The van der Waals surface area contributed by atoms with E-state index < -0.39 is 17.7 Å². The Kier molecular flexibility index (Phi) is 4.49. The number of aryl methyl sites for hydroxylation is 1. The molecular weight excluding hydrogens is 241 g/mol. The van der Waals surface area contributed by atoms with E-state index in [1.54, 1.807) is 6.92 Å². The van der Waals surface area contributed by atoms with Gasteiger partial charge in [-0.15, -0.1) is 0 Å². The second-order valence-electron chi connectivity index (χ2n) is 3.78. The summed E-state index contributed by atoms with van der Waals surface area (Å²) in [5.74, 6) is -2.69. The summed E-state index contributed by atoms with van der Waals surface area (Å²) in [4.78, 5) is 11.2. The molecule has 0 heterocycles. The smallest absolute Gasteiger partial charge is 0.312 e. The molecule has 0 fully saturated rings. The summed E-state index contributed by atoms with van der Waals surface area (Å²) in [5, 5.41) is 9.13. The lowest BCUT2D eigenvalue weighted by Gasteiger charge is -2.19. The van der Waals surface area contributed by atoms with Crippen molar-refractivity contribution in [2.45, 2.75) is 12.8 Å². The molecule has 0 aliphatic carbocycles. The number of methoxy groups -OCH3 is 2. The van der Waals surface area contributed by atoms with Gasteiger partial charge in [-0.1, -0.05) is 0 Å². The molecule has 0 aromatic heterocycles. The van der Waals surface area contributed by atoms with Gasteiger partial charge in [-0.3, -0.25) is 4.79 Å². The van der Waals surface area contributed by atoms with Gasteiger partial charge in [0.05, 0.1) is 20.1 Å². The molecule has 1 unspecified atom stereocenters. The summed E-state index contributed by atoms with van der Waals surface area (Å²) < 4.78 is 23.6. The van der Waals surface area contributed by atoms with E-state index in [4.69, 9.17) is 20.3 Å². The van der Waals surface area contributed by atoms with Gasteiger partial charge in [0, 0.05) is 12.1 Å². The molecule has 1 atom stereocenters. The summed E-state index contributed by atoms with van der Waals surface area (Å²) in [6.07, 6.45) is 0. The molecule has 0 aliphatic heterocycles. The summed E-state index contributed by atoms with van der Waals surface area (Å²) in [6.45, 7) is 1.49. The minimum absolute atomic E-state index is 0.0767. The van der Waals surface area contributed by atoms with Gasteiger partial charge >= 0.3 is 5.97 Å². The predicted octanol–water partition coefficient (Wildman–Crippen LogP) is 1.28. The molecule has 0 radical (unpaired) electrons. The third kappa shape index (κ3) is 2.38. The van der Waals surface area contributed by atoms with Crippen molar-refractivity contribution >= 4 is 5.97 Å². The minimum Gasteiger partial charge on any atom is -0.492 e. The fourth-order valence-electron chi connectivity index (χ4n) is 1.91. The Morgan fingerprint density at radius 1 is 1.44 bits per heavy atom. The minimum atomic E-state index is -1.09. The Morgan fingerprint density at radius 2 is 2.00 bits per heavy atom. The summed E-state index contributed by atoms with van der Waals surface area (Å²) in [5.41, 5.74) is 6.26. The Morgan fingerprint density at radius 3 is 2.39 bits per heavy atom. The Balaban J connectivity index is 3.55. The van der Waals surface area contributed by atoms with Gasteiger partial charge in [0.2, 0.25) is 0 Å². The van der Waals surface area contributed by atoms with E-state index in [1.807, 2.05) is 0 Å². The van der Waals surface area contributed by atoms with Gasteiger partial charge in [0.15, 0.2) is 17.3 Å². The first-order chi connectivity index (χ1) is 8.47. The molecule has 0 amide bonds. The van der Waals surface area contributed by atoms with Gasteiger partial charge in [0.1, 0.15) is 0 Å². The maximum atomic E-state index is 13.7. The van der Waals surface area contributed by atoms with Gasteiger partial charge < -0.3 is 20.3 Å². The third-order valence-electron chi connectivity index (χ3n) is 2.73. The molecule has 0 spiro atoms. The number of benzene rings is 1. The molecule has 18 heavy (non-hydrogen) atoms. The largest absolute Gasteiger partial charge is 0.492 e. The third-order valence-corrected chi connectivity index (χ3v) is 2.73. The Hall–Kier alpha value is -1.82. The first-order valence-electron chi connectivity index (χ1n) is 5.31. The molecular formula is C12H16FNO4. The zero-order valence-corrected chi connectivity index (χ0v) is 10.5. The number of hydrogen-bond donors (Lipinski definition) is 2. The number of halogens is 1. The van der Waals surface area contributed by atoms with Crippen molar-refractivity contribution in [1.82, 2.24) is 0 Å². The number of carboxylic acids is 1. The van der Waals surface area contributed by atoms with Crippen molar-refractivity contribution < 1.29 is 23.8 Å². The maximum absolute atomic E-state index is 13.7. The summed E-state index contributed by atoms with van der Waals surface area (Å²) >= 11 is 0. The van der Waals surface area contributed by atoms with Crippen molar-refractivity contribution in [3.63, 3.8) is 0 Å². The lowest BCUT2D eigenvalue weighted by atomic mass is 9.93. The molecule has 0 bridgehead atoms. The standard InChI is InChI=1S/C12H16FNO4/c1-6-4-8(13)10(17-2)11(18-3)9(6)7(5-14)12(15)16/h4,7H,5,14H2,1-3H3,(H,15,16). The zero-order valence-electron chi connectivity index (χ0n) is 10.5. The molecule has 6 heteroatoms. The van der Waals surface area contributed by atoms with Crippen LogP contribution in [0.2, 0.25) is 0 Å². The maximum Gasteiger partial charge on any atom is 0.312 e. The highest BCUT2D eigenvalue weighted by Gasteiger charge is 2.28. The van der Waals surface area contributed by atoms with Crippen molar-refractivity contribution in [1.29, 1.82) is 0 Å². The number of rotatable bonds is 5. The van der Waals surface area contributed by atoms with Crippen molar-refractivity contribution in [3.8, 4) is 11.5 Å². The fourth-order valence-corrected chi connectivity index (χ4v) is 1.91. The number of ether oxygens (including phenoxy) is 2. The average Bonchev–Trinajstić information content (AvgIpc) is 2.31. The topological polar surface area (TPSA) is 81.8 Å². The fraction of sp³-hybridized carbons (Fsp3) is 0.417. The molecule has 3 N–H and O–H groups in total. The van der Waals surface area contributed by atoms with E-state index in [-0.39, 0.29) is 18.0 Å². The summed E-state index contributed by atoms with van der Waals surface area (Å²) in [6, 6.07) is 1.21. The predicted molar refractivity (Wildman–Crippen MR) is 63.7 cm³/mol. The van der Waals surface area contributed by atoms with E-state index >= 15 is 0 Å². The van der Waals surface area contributed by atoms with Crippen LogP contribution < -0.4 is 15.2 Å². The molecule has 0 saturated heterocycles. The van der Waals surface area contributed by atoms with Crippen LogP contribution in [0.4, 0.5) is 4.39 Å². The monoisotopic (exact) mass is 257 g/mol. The first kappa shape index (κ1) is 14.2. The van der Waals surface area contributed by atoms with Crippen molar-refractivity contribution in [2.24, 2.45) is 5.73 Å². The van der Waals surface area contributed by atoms with Crippen LogP contribution in [0.5, 0.6) is 11.5 Å². The second kappa shape index (κ2) is 5.68. The lowest BCUT2D eigenvalue weighted by molar-refractivity contribution is -0.138. The van der Waals surface area contributed by atoms with Crippen LogP contribution >= 0.6 is 0 Å². The zero-order chi connectivity index (χ0) is 13.9. The summed E-state index contributed by atoms with van der Waals surface area (Å²) in [7, 11) is 2.62. The molecule has 0 saturated carbocycles. The Bertz CT molecular complexity index is 462. The van der Waals surface area contributed by atoms with Crippen LogP contribution in [0.3, 0.4) is 0 Å². The van der Waals surface area contributed by atoms with E-state index in [0.29, 0.717) is 11.1 Å². The molecule has 1 aromatic rings. The highest BCUT2D eigenvalue weighted by atomic mass is 19.1. The van der Waals surface area contributed by atoms with Gasteiger partial charge in [-0.25, -0.2) is 4.39 Å². The quantitative estimate of drug-likeness (QED) is 0.830. The van der Waals surface area contributed by atoms with Crippen LogP contribution in [0.15, 0.2) is 6.07 Å². The number of nitrogens with two attached hydrogens (primary N) is 1. The molecule has 0 aliphatic rings. The number of aliphatic carboxylic acids is 1. The van der Waals surface area contributed by atoms with E-state index in [9.17, 15) is 9.18 Å². The van der Waals surface area contributed by atoms with Crippen LogP contribution in [-0.2, 0) is 4.79 Å². The highest BCUT2D eigenvalue weighted by Crippen LogP contribution is 2.39. The number of carbonyl (C=O) groups is 1. The SMILES string of the molecule is COc1c(F)cc(C)c(C(CN)C(=O)O)c1OC. The van der Waals surface area contributed by atoms with Gasteiger partial charge in [-0.05, 0) is 18.6 Å². The number of hydrogen-bond acceptors (Lipinski definition) is 4. The van der Waals surface area contributed by atoms with Crippen LogP contribution in [0, 0.1) is 12.7 Å². The normalized spacial score (nSPS) is 12.1. The second-order valence-corrected chi connectivity index (χ2v) is 3.78. The molecule has 5 nitrogen and oxygen atoms in total. The average molecular weight is 257 g/mol. The van der Waals surface area contributed by atoms with Crippen LogP contribution in [0.1, 0.15) is 17.0 Å². The van der Waals surface area contributed by atoms with Crippen LogP contribution in [0.25, 0.3) is 0 Å². The molecule has 1 aromatic carbocycles. The van der Waals surface area contributed by atoms with E-state index in [0.717, 1.165) is 0 Å². The number of carboxylic acid groups (broad SMARTS) is 1.